The zero-order valence-corrected chi connectivity index (χ0v) is 13.8. The lowest BCUT2D eigenvalue weighted by Gasteiger charge is -2.21. The van der Waals surface area contributed by atoms with Crippen molar-refractivity contribution in [2.75, 3.05) is 25.5 Å². The van der Waals surface area contributed by atoms with Gasteiger partial charge >= 0.3 is 0 Å². The van der Waals surface area contributed by atoms with Crippen LogP contribution in [0.2, 0.25) is 0 Å². The van der Waals surface area contributed by atoms with Gasteiger partial charge in [-0.2, -0.15) is 11.8 Å². The van der Waals surface area contributed by atoms with Crippen LogP contribution in [0.3, 0.4) is 0 Å². The van der Waals surface area contributed by atoms with Crippen molar-refractivity contribution in [1.82, 2.24) is 5.32 Å². The molecule has 1 aromatic rings. The maximum atomic E-state index is 11.9. The summed E-state index contributed by atoms with van der Waals surface area (Å²) in [6.45, 7) is 2.22. The molecule has 22 heavy (non-hydrogen) atoms. The highest BCUT2D eigenvalue weighted by Crippen LogP contribution is 2.21. The smallest absolute Gasteiger partial charge is 0.251 e. The number of sulfonamides is 1. The number of ether oxygens (including phenoxy) is 1. The van der Waals surface area contributed by atoms with Gasteiger partial charge in [0.2, 0.25) is 10.0 Å². The molecule has 0 unspecified atom stereocenters. The fraction of sp³-hybridized carbons (Fsp3) is 0.500. The second kappa shape index (κ2) is 7.96. The first-order chi connectivity index (χ1) is 10.5. The lowest BCUT2D eigenvalue weighted by atomic mass is 10.2. The molecule has 122 valence electrons. The van der Waals surface area contributed by atoms with Gasteiger partial charge in [0.05, 0.1) is 4.90 Å². The molecule has 2 rings (SSSR count). The van der Waals surface area contributed by atoms with Crippen LogP contribution in [-0.2, 0) is 14.8 Å². The lowest BCUT2D eigenvalue weighted by Crippen LogP contribution is -2.27. The molecule has 3 N–H and O–H groups in total. The number of thioether (sulfide) groups is 1. The number of nitrogens with two attached hydrogens (primary N) is 1. The Kier molecular flexibility index (Phi) is 6.25. The summed E-state index contributed by atoms with van der Waals surface area (Å²) in [6.07, 6.45) is 2.13. The van der Waals surface area contributed by atoms with Crippen molar-refractivity contribution in [3.8, 4) is 0 Å². The Morgan fingerprint density at radius 1 is 1.27 bits per heavy atom. The molecule has 1 amide bonds. The summed E-state index contributed by atoms with van der Waals surface area (Å²) >= 11 is 1.85. The van der Waals surface area contributed by atoms with Crippen LogP contribution in [0, 0.1) is 0 Å². The van der Waals surface area contributed by atoms with Crippen molar-refractivity contribution in [2.45, 2.75) is 23.0 Å². The molecule has 0 saturated carbocycles. The molecular weight excluding hydrogens is 324 g/mol. The summed E-state index contributed by atoms with van der Waals surface area (Å²) in [4.78, 5) is 11.9. The quantitative estimate of drug-likeness (QED) is 0.750. The van der Waals surface area contributed by atoms with E-state index < -0.39 is 10.0 Å². The normalized spacial score (nSPS) is 16.4. The van der Waals surface area contributed by atoms with E-state index in [2.05, 4.69) is 5.32 Å². The maximum Gasteiger partial charge on any atom is 0.251 e. The lowest BCUT2D eigenvalue weighted by molar-refractivity contribution is 0.0955. The molecule has 0 radical (unpaired) electrons. The highest BCUT2D eigenvalue weighted by atomic mass is 32.2. The van der Waals surface area contributed by atoms with Crippen molar-refractivity contribution in [3.05, 3.63) is 29.8 Å². The third kappa shape index (κ3) is 5.28. The Hall–Kier alpha value is -1.09. The fourth-order valence-electron chi connectivity index (χ4n) is 2.13. The minimum Gasteiger partial charge on any atom is -0.381 e. The largest absolute Gasteiger partial charge is 0.381 e. The molecule has 0 aromatic heterocycles. The van der Waals surface area contributed by atoms with Gasteiger partial charge in [0.25, 0.3) is 5.91 Å². The van der Waals surface area contributed by atoms with Crippen LogP contribution in [0.15, 0.2) is 29.2 Å². The minimum atomic E-state index is -3.72. The SMILES string of the molecule is NS(=O)(=O)c1ccc(C(=O)NCCSC2CCOCC2)cc1. The topological polar surface area (TPSA) is 98.5 Å². The molecule has 1 aliphatic rings. The molecule has 1 aliphatic heterocycles. The number of carbonyl (C=O) groups excluding carboxylic acids is 1. The van der Waals surface area contributed by atoms with Crippen LogP contribution in [0.4, 0.5) is 0 Å². The maximum absolute atomic E-state index is 11.9. The summed E-state index contributed by atoms with van der Waals surface area (Å²) in [5.74, 6) is 0.639. The third-order valence-electron chi connectivity index (χ3n) is 3.35. The van der Waals surface area contributed by atoms with Gasteiger partial charge in [0.15, 0.2) is 0 Å². The van der Waals surface area contributed by atoms with Gasteiger partial charge in [-0.05, 0) is 37.1 Å². The number of hydrogen-bond acceptors (Lipinski definition) is 5. The van der Waals surface area contributed by atoms with E-state index in [1.807, 2.05) is 11.8 Å². The summed E-state index contributed by atoms with van der Waals surface area (Å²) in [5.41, 5.74) is 0.420. The minimum absolute atomic E-state index is 0.000812. The Bertz CT molecular complexity index is 596. The van der Waals surface area contributed by atoms with Crippen LogP contribution in [-0.4, -0.2) is 45.1 Å². The van der Waals surface area contributed by atoms with Crippen LogP contribution >= 0.6 is 11.8 Å². The van der Waals surface area contributed by atoms with Gasteiger partial charge in [0, 0.05) is 36.3 Å². The molecule has 0 spiro atoms. The zero-order chi connectivity index (χ0) is 16.0. The number of benzene rings is 1. The van der Waals surface area contributed by atoms with Gasteiger partial charge in [-0.15, -0.1) is 0 Å². The van der Waals surface area contributed by atoms with E-state index in [-0.39, 0.29) is 10.8 Å². The standard InChI is InChI=1S/C14H20N2O4S2/c15-22(18,19)13-3-1-11(2-4-13)14(17)16-7-10-21-12-5-8-20-9-6-12/h1-4,12H,5-10H2,(H,16,17)(H2,15,18,19). The van der Waals surface area contributed by atoms with E-state index in [1.165, 1.54) is 24.3 Å². The summed E-state index contributed by atoms with van der Waals surface area (Å²) in [5, 5.41) is 8.45. The van der Waals surface area contributed by atoms with Gasteiger partial charge in [-0.25, -0.2) is 13.6 Å². The number of hydrogen-bond donors (Lipinski definition) is 2. The first-order valence-electron chi connectivity index (χ1n) is 7.07. The first-order valence-corrected chi connectivity index (χ1v) is 9.67. The van der Waals surface area contributed by atoms with Crippen LogP contribution in [0.5, 0.6) is 0 Å². The molecule has 0 bridgehead atoms. The first kappa shape index (κ1) is 17.3. The highest BCUT2D eigenvalue weighted by molar-refractivity contribution is 7.99. The second-order valence-corrected chi connectivity index (χ2v) is 7.98. The molecular formula is C14H20N2O4S2. The van der Waals surface area contributed by atoms with Crippen LogP contribution in [0.1, 0.15) is 23.2 Å². The molecule has 1 heterocycles. The van der Waals surface area contributed by atoms with E-state index >= 15 is 0 Å². The number of rotatable bonds is 6. The van der Waals surface area contributed by atoms with Crippen molar-refractivity contribution >= 4 is 27.7 Å². The number of primary sulfonamides is 1. The average Bonchev–Trinajstić information content (AvgIpc) is 2.52. The molecule has 1 aromatic carbocycles. The van der Waals surface area contributed by atoms with Gasteiger partial charge in [-0.1, -0.05) is 0 Å². The molecule has 6 nitrogen and oxygen atoms in total. The Morgan fingerprint density at radius 2 is 1.91 bits per heavy atom. The van der Waals surface area contributed by atoms with Crippen LogP contribution < -0.4 is 10.5 Å². The molecule has 0 aliphatic carbocycles. The molecule has 1 fully saturated rings. The van der Waals surface area contributed by atoms with Crippen LogP contribution in [0.25, 0.3) is 0 Å². The number of nitrogens with one attached hydrogen (secondary N) is 1. The zero-order valence-electron chi connectivity index (χ0n) is 12.2. The van der Waals surface area contributed by atoms with Gasteiger partial charge in [0.1, 0.15) is 0 Å². The number of carbonyl (C=O) groups is 1. The van der Waals surface area contributed by atoms with E-state index in [4.69, 9.17) is 9.88 Å². The summed E-state index contributed by atoms with van der Waals surface area (Å²) in [6, 6.07) is 5.59. The van der Waals surface area contributed by atoms with E-state index in [1.54, 1.807) is 0 Å². The number of amides is 1. The van der Waals surface area contributed by atoms with E-state index in [9.17, 15) is 13.2 Å². The molecule has 1 saturated heterocycles. The highest BCUT2D eigenvalue weighted by Gasteiger charge is 2.14. The summed E-state index contributed by atoms with van der Waals surface area (Å²) in [7, 11) is -3.72. The van der Waals surface area contributed by atoms with Gasteiger partial charge < -0.3 is 10.1 Å². The predicted molar refractivity (Wildman–Crippen MR) is 86.4 cm³/mol. The average molecular weight is 344 g/mol. The molecule has 0 atom stereocenters. The monoisotopic (exact) mass is 344 g/mol. The van der Waals surface area contributed by atoms with E-state index in [0.29, 0.717) is 17.4 Å². The predicted octanol–water partition coefficient (Wildman–Crippen LogP) is 0.976. The van der Waals surface area contributed by atoms with Crippen molar-refractivity contribution in [1.29, 1.82) is 0 Å². The van der Waals surface area contributed by atoms with E-state index in [0.717, 1.165) is 31.8 Å². The second-order valence-electron chi connectivity index (χ2n) is 5.01. The Balaban J connectivity index is 1.75. The Labute approximate surface area is 134 Å². The molecule has 8 heteroatoms. The third-order valence-corrected chi connectivity index (χ3v) is 5.67. The van der Waals surface area contributed by atoms with Crippen molar-refractivity contribution < 1.29 is 17.9 Å². The Morgan fingerprint density at radius 3 is 2.50 bits per heavy atom. The van der Waals surface area contributed by atoms with Crippen molar-refractivity contribution in [3.63, 3.8) is 0 Å². The van der Waals surface area contributed by atoms with Crippen molar-refractivity contribution in [2.24, 2.45) is 5.14 Å². The van der Waals surface area contributed by atoms with Gasteiger partial charge in [-0.3, -0.25) is 4.79 Å². The fourth-order valence-corrected chi connectivity index (χ4v) is 3.73. The summed E-state index contributed by atoms with van der Waals surface area (Å²) < 4.78 is 27.6.